The number of hydrogen-bond donors (Lipinski definition) is 2. The molecule has 0 amide bonds. The topological polar surface area (TPSA) is 97.3 Å². The minimum atomic E-state index is -0.765. The molecule has 134 valence electrons. The molecule has 2 N–H and O–H groups in total. The molecule has 0 unspecified atom stereocenters. The fourth-order valence-corrected chi connectivity index (χ4v) is 2.79. The fraction of sp³-hybridized carbons (Fsp3) is 0.167. The zero-order chi connectivity index (χ0) is 18.7. The second-order valence-electron chi connectivity index (χ2n) is 5.66. The molecule has 1 aromatic heterocycles. The first-order chi connectivity index (χ1) is 12.5. The second kappa shape index (κ2) is 7.22. The number of carbonyl (C=O) groups is 1. The van der Waals surface area contributed by atoms with Crippen LogP contribution in [0.25, 0.3) is 10.9 Å². The van der Waals surface area contributed by atoms with Gasteiger partial charge >= 0.3 is 5.97 Å². The van der Waals surface area contributed by atoms with Gasteiger partial charge in [0, 0.05) is 35.4 Å². The monoisotopic (exact) mass is 357 g/mol. The van der Waals surface area contributed by atoms with Crippen molar-refractivity contribution in [2.75, 3.05) is 19.0 Å². The van der Waals surface area contributed by atoms with Crippen LogP contribution in [0.4, 0.5) is 15.8 Å². The molecule has 8 heteroatoms. The maximum Gasteiger partial charge on any atom is 0.344 e. The van der Waals surface area contributed by atoms with Crippen LogP contribution in [-0.2, 0) is 11.2 Å². The van der Waals surface area contributed by atoms with Crippen molar-refractivity contribution >= 4 is 28.2 Å². The van der Waals surface area contributed by atoms with Crippen LogP contribution in [0, 0.1) is 15.9 Å². The number of esters is 1. The van der Waals surface area contributed by atoms with Gasteiger partial charge in [0.15, 0.2) is 0 Å². The third-order valence-electron chi connectivity index (χ3n) is 4.05. The van der Waals surface area contributed by atoms with Crippen LogP contribution in [0.1, 0.15) is 15.9 Å². The summed E-state index contributed by atoms with van der Waals surface area (Å²) in [5, 5.41) is 15.1. The number of hydrogen-bond acceptors (Lipinski definition) is 5. The molecule has 0 fully saturated rings. The summed E-state index contributed by atoms with van der Waals surface area (Å²) in [5.74, 6) is -1.07. The summed E-state index contributed by atoms with van der Waals surface area (Å²) in [6.45, 7) is 0.531. The Labute approximate surface area is 147 Å². The summed E-state index contributed by atoms with van der Waals surface area (Å²) in [5.41, 5.74) is 1.90. The number of methoxy groups -OCH3 is 1. The zero-order valence-corrected chi connectivity index (χ0v) is 13.9. The second-order valence-corrected chi connectivity index (χ2v) is 5.66. The van der Waals surface area contributed by atoms with Gasteiger partial charge in [-0.3, -0.25) is 10.1 Å². The van der Waals surface area contributed by atoms with E-state index < -0.39 is 10.9 Å². The van der Waals surface area contributed by atoms with Crippen LogP contribution in [0.3, 0.4) is 0 Å². The Bertz CT molecular complexity index is 984. The lowest BCUT2D eigenvalue weighted by Crippen LogP contribution is -2.09. The highest BCUT2D eigenvalue weighted by molar-refractivity contribution is 5.95. The Morgan fingerprint density at radius 2 is 2.12 bits per heavy atom. The summed E-state index contributed by atoms with van der Waals surface area (Å²) >= 11 is 0. The summed E-state index contributed by atoms with van der Waals surface area (Å²) in [6, 6.07) is 8.77. The van der Waals surface area contributed by atoms with E-state index >= 15 is 0 Å². The first-order valence-electron chi connectivity index (χ1n) is 7.85. The molecule has 0 aliphatic carbocycles. The Morgan fingerprint density at radius 3 is 2.85 bits per heavy atom. The van der Waals surface area contributed by atoms with E-state index in [0.717, 1.165) is 16.5 Å². The lowest BCUT2D eigenvalue weighted by molar-refractivity contribution is -0.385. The van der Waals surface area contributed by atoms with Gasteiger partial charge in [0.25, 0.3) is 5.69 Å². The number of nitrogens with zero attached hydrogens (tertiary/aromatic N) is 1. The maximum atomic E-state index is 13.2. The van der Waals surface area contributed by atoms with Crippen molar-refractivity contribution in [2.45, 2.75) is 6.42 Å². The molecule has 0 atom stereocenters. The zero-order valence-electron chi connectivity index (χ0n) is 13.9. The molecule has 0 saturated carbocycles. The van der Waals surface area contributed by atoms with Gasteiger partial charge in [-0.1, -0.05) is 0 Å². The Morgan fingerprint density at radius 1 is 1.31 bits per heavy atom. The van der Waals surface area contributed by atoms with E-state index in [-0.39, 0.29) is 17.1 Å². The minimum absolute atomic E-state index is 0.106. The van der Waals surface area contributed by atoms with Crippen molar-refractivity contribution in [3.05, 3.63) is 69.7 Å². The molecule has 2 aromatic carbocycles. The van der Waals surface area contributed by atoms with Gasteiger partial charge in [-0.25, -0.2) is 9.18 Å². The van der Waals surface area contributed by atoms with E-state index in [2.05, 4.69) is 15.0 Å². The first-order valence-corrected chi connectivity index (χ1v) is 7.85. The highest BCUT2D eigenvalue weighted by Crippen LogP contribution is 2.24. The number of halogens is 1. The molecule has 3 rings (SSSR count). The SMILES string of the molecule is COC(=O)c1cc(NCCc2c[nH]c3cc(F)ccc23)ccc1[N+](=O)[O-]. The number of fused-ring (bicyclic) bond motifs is 1. The van der Waals surface area contributed by atoms with Gasteiger partial charge in [0.05, 0.1) is 12.0 Å². The summed E-state index contributed by atoms with van der Waals surface area (Å²) in [4.78, 5) is 25.2. The molecule has 0 aliphatic heterocycles. The largest absolute Gasteiger partial charge is 0.465 e. The van der Waals surface area contributed by atoms with E-state index in [1.807, 2.05) is 6.20 Å². The molecule has 0 radical (unpaired) electrons. The molecular formula is C18H16FN3O4. The van der Waals surface area contributed by atoms with Crippen molar-refractivity contribution in [1.29, 1.82) is 0 Å². The van der Waals surface area contributed by atoms with Crippen molar-refractivity contribution in [3.8, 4) is 0 Å². The van der Waals surface area contributed by atoms with Crippen LogP contribution in [0.15, 0.2) is 42.6 Å². The van der Waals surface area contributed by atoms with Gasteiger partial charge in [-0.2, -0.15) is 0 Å². The molecule has 0 spiro atoms. The van der Waals surface area contributed by atoms with E-state index in [1.54, 1.807) is 6.07 Å². The maximum absolute atomic E-state index is 13.2. The van der Waals surface area contributed by atoms with Crippen LogP contribution in [0.5, 0.6) is 0 Å². The quantitative estimate of drug-likeness (QED) is 0.399. The third-order valence-corrected chi connectivity index (χ3v) is 4.05. The number of aromatic nitrogens is 1. The summed E-state index contributed by atoms with van der Waals surface area (Å²) in [7, 11) is 1.17. The van der Waals surface area contributed by atoms with Gasteiger partial charge in [0.1, 0.15) is 11.4 Å². The van der Waals surface area contributed by atoms with E-state index in [1.165, 1.54) is 37.4 Å². The van der Waals surface area contributed by atoms with Crippen molar-refractivity contribution in [3.63, 3.8) is 0 Å². The predicted molar refractivity (Wildman–Crippen MR) is 94.9 cm³/mol. The number of H-pyrrole nitrogens is 1. The normalized spacial score (nSPS) is 10.7. The summed E-state index contributed by atoms with van der Waals surface area (Å²) in [6.07, 6.45) is 2.47. The van der Waals surface area contributed by atoms with Crippen LogP contribution in [-0.4, -0.2) is 29.5 Å². The van der Waals surface area contributed by atoms with E-state index in [4.69, 9.17) is 0 Å². The molecule has 0 saturated heterocycles. The number of benzene rings is 2. The summed E-state index contributed by atoms with van der Waals surface area (Å²) < 4.78 is 17.8. The molecule has 26 heavy (non-hydrogen) atoms. The first kappa shape index (κ1) is 17.4. The number of rotatable bonds is 6. The molecule has 3 aromatic rings. The molecule has 0 aliphatic rings. The number of nitro benzene ring substituents is 1. The van der Waals surface area contributed by atoms with Crippen LogP contribution < -0.4 is 5.32 Å². The molecule has 0 bridgehead atoms. The number of nitro groups is 1. The average Bonchev–Trinajstić information content (AvgIpc) is 3.02. The van der Waals surface area contributed by atoms with Gasteiger partial charge in [-0.05, 0) is 42.3 Å². The van der Waals surface area contributed by atoms with Crippen molar-refractivity contribution < 1.29 is 18.8 Å². The number of ether oxygens (including phenoxy) is 1. The third kappa shape index (κ3) is 3.49. The van der Waals surface area contributed by atoms with Gasteiger partial charge in [0.2, 0.25) is 0 Å². The molecule has 1 heterocycles. The Kier molecular flexibility index (Phi) is 4.83. The predicted octanol–water partition coefficient (Wildman–Crippen LogP) is 3.66. The van der Waals surface area contributed by atoms with Gasteiger partial charge in [-0.15, -0.1) is 0 Å². The highest BCUT2D eigenvalue weighted by Gasteiger charge is 2.21. The van der Waals surface area contributed by atoms with E-state index in [0.29, 0.717) is 18.7 Å². The average molecular weight is 357 g/mol. The molecular weight excluding hydrogens is 341 g/mol. The number of nitrogens with one attached hydrogen (secondary N) is 2. The number of aromatic amines is 1. The Hall–Kier alpha value is -3.42. The number of carbonyl (C=O) groups excluding carboxylic acids is 1. The van der Waals surface area contributed by atoms with E-state index in [9.17, 15) is 19.3 Å². The van der Waals surface area contributed by atoms with Crippen molar-refractivity contribution in [1.82, 2.24) is 4.98 Å². The highest BCUT2D eigenvalue weighted by atomic mass is 19.1. The van der Waals surface area contributed by atoms with Gasteiger partial charge < -0.3 is 15.0 Å². The van der Waals surface area contributed by atoms with Crippen LogP contribution >= 0.6 is 0 Å². The number of anilines is 1. The lowest BCUT2D eigenvalue weighted by Gasteiger charge is -2.08. The Balaban J connectivity index is 1.73. The fourth-order valence-electron chi connectivity index (χ4n) is 2.79. The molecule has 7 nitrogen and oxygen atoms in total. The smallest absolute Gasteiger partial charge is 0.344 e. The standard InChI is InChI=1S/C18H16FN3O4/c1-26-18(23)15-9-13(3-5-17(15)22(24)25)20-7-6-11-10-21-16-8-12(19)2-4-14(11)16/h2-5,8-10,20-21H,6-7H2,1H3. The minimum Gasteiger partial charge on any atom is -0.465 e. The van der Waals surface area contributed by atoms with Crippen molar-refractivity contribution in [2.24, 2.45) is 0 Å². The lowest BCUT2D eigenvalue weighted by atomic mass is 10.1. The van der Waals surface area contributed by atoms with Crippen LogP contribution in [0.2, 0.25) is 0 Å².